The lowest BCUT2D eigenvalue weighted by atomic mass is 10.4. The first-order valence-electron chi connectivity index (χ1n) is 3.46. The van der Waals surface area contributed by atoms with E-state index in [0.29, 0.717) is 0 Å². The summed E-state index contributed by atoms with van der Waals surface area (Å²) in [5.41, 5.74) is -0.788. The molecule has 0 aromatic carbocycles. The minimum absolute atomic E-state index is 0.197. The van der Waals surface area contributed by atoms with Crippen LogP contribution in [0, 0.1) is 20.2 Å². The molecular formula is C6H3N2O7. The van der Waals surface area contributed by atoms with Crippen molar-refractivity contribution >= 4 is 18.0 Å². The molecule has 0 aliphatic heterocycles. The van der Waals surface area contributed by atoms with Crippen molar-refractivity contribution in [3.63, 3.8) is 0 Å². The highest BCUT2D eigenvalue weighted by Crippen LogP contribution is 2.30. The highest BCUT2D eigenvalue weighted by Gasteiger charge is 2.31. The average molecular weight is 215 g/mol. The normalized spacial score (nSPS) is 9.60. The Labute approximate surface area is 81.5 Å². The maximum atomic E-state index is 10.3. The Hall–Kier alpha value is -2.45. The lowest BCUT2D eigenvalue weighted by molar-refractivity contribution is -0.433. The third kappa shape index (κ3) is 2.27. The zero-order valence-electron chi connectivity index (χ0n) is 7.04. The molecule has 0 amide bonds. The van der Waals surface area contributed by atoms with Crippen molar-refractivity contribution in [2.45, 2.75) is 6.61 Å². The molecule has 1 rings (SSSR count). The molecule has 1 aromatic rings. The van der Waals surface area contributed by atoms with Gasteiger partial charge in [0.25, 0.3) is 0 Å². The maximum absolute atomic E-state index is 10.3. The van der Waals surface area contributed by atoms with Gasteiger partial charge in [0.1, 0.15) is 4.92 Å². The molecule has 0 aliphatic rings. The minimum Gasteiger partial charge on any atom is -0.449 e. The van der Waals surface area contributed by atoms with Gasteiger partial charge in [-0.1, -0.05) is 0 Å². The van der Waals surface area contributed by atoms with Gasteiger partial charge < -0.3 is 9.15 Å². The molecule has 0 aliphatic carbocycles. The average Bonchev–Trinajstić information content (AvgIpc) is 2.58. The van der Waals surface area contributed by atoms with Gasteiger partial charge in [-0.15, -0.1) is 0 Å². The standard InChI is InChI=1S/C6H3N2O7/c9-3-14-2-4-1-5(7(10)11)6(15-4)8(12)13/h1H,2H2. The number of hydrogen-bond acceptors (Lipinski definition) is 7. The molecule has 0 saturated heterocycles. The van der Waals surface area contributed by atoms with Gasteiger partial charge in [-0.05, 0) is 0 Å². The van der Waals surface area contributed by atoms with Gasteiger partial charge in [-0.2, -0.15) is 0 Å². The van der Waals surface area contributed by atoms with Crippen LogP contribution in [0.2, 0.25) is 0 Å². The number of hydrogen-bond donors (Lipinski definition) is 0. The van der Waals surface area contributed by atoms with E-state index in [1.807, 2.05) is 0 Å². The number of ether oxygens (including phenoxy) is 1. The highest BCUT2D eigenvalue weighted by molar-refractivity contribution is 5.46. The van der Waals surface area contributed by atoms with Crippen LogP contribution in [0.3, 0.4) is 0 Å². The summed E-state index contributed by atoms with van der Waals surface area (Å²) in [4.78, 5) is 28.3. The first-order valence-corrected chi connectivity index (χ1v) is 3.46. The first-order chi connectivity index (χ1) is 7.06. The lowest BCUT2D eigenvalue weighted by Crippen LogP contribution is -1.91. The molecule has 9 heteroatoms. The number of furan rings is 1. The second kappa shape index (κ2) is 4.17. The summed E-state index contributed by atoms with van der Waals surface area (Å²) in [6.45, 7) is 0.607. The summed E-state index contributed by atoms with van der Waals surface area (Å²) < 4.78 is 8.60. The van der Waals surface area contributed by atoms with E-state index in [2.05, 4.69) is 9.15 Å². The van der Waals surface area contributed by atoms with E-state index in [9.17, 15) is 25.0 Å². The van der Waals surface area contributed by atoms with Crippen LogP contribution >= 0.6 is 0 Å². The van der Waals surface area contributed by atoms with Crippen molar-refractivity contribution in [2.75, 3.05) is 0 Å². The molecule has 0 bridgehead atoms. The van der Waals surface area contributed by atoms with Crippen LogP contribution in [0.5, 0.6) is 0 Å². The second-order valence-electron chi connectivity index (χ2n) is 2.29. The number of rotatable bonds is 5. The Kier molecular flexibility index (Phi) is 2.96. The lowest BCUT2D eigenvalue weighted by Gasteiger charge is -1.88. The van der Waals surface area contributed by atoms with Crippen LogP contribution in [0.4, 0.5) is 11.6 Å². The quantitative estimate of drug-likeness (QED) is 0.521. The minimum atomic E-state index is -1.04. The van der Waals surface area contributed by atoms with Crippen LogP contribution in [0.1, 0.15) is 5.76 Å². The zero-order valence-corrected chi connectivity index (χ0v) is 7.04. The maximum Gasteiger partial charge on any atom is 0.512 e. The van der Waals surface area contributed by atoms with Gasteiger partial charge >= 0.3 is 18.0 Å². The monoisotopic (exact) mass is 215 g/mol. The molecular weight excluding hydrogens is 212 g/mol. The van der Waals surface area contributed by atoms with Crippen molar-refractivity contribution in [1.29, 1.82) is 0 Å². The van der Waals surface area contributed by atoms with E-state index in [1.54, 1.807) is 0 Å². The third-order valence-corrected chi connectivity index (χ3v) is 1.38. The van der Waals surface area contributed by atoms with Crippen molar-refractivity contribution < 1.29 is 23.8 Å². The summed E-state index contributed by atoms with van der Waals surface area (Å²) >= 11 is 0. The molecule has 0 saturated carbocycles. The number of carbonyl (C=O) groups excluding carboxylic acids is 1. The van der Waals surface area contributed by atoms with Gasteiger partial charge in [0.2, 0.25) is 0 Å². The van der Waals surface area contributed by atoms with E-state index in [-0.39, 0.29) is 5.76 Å². The Morgan fingerprint density at radius 2 is 2.07 bits per heavy atom. The highest BCUT2D eigenvalue weighted by atomic mass is 16.7. The molecule has 15 heavy (non-hydrogen) atoms. The Morgan fingerprint density at radius 1 is 1.40 bits per heavy atom. The second-order valence-corrected chi connectivity index (χ2v) is 2.29. The summed E-state index contributed by atoms with van der Waals surface area (Å²) in [6, 6.07) is 0.815. The largest absolute Gasteiger partial charge is 0.512 e. The van der Waals surface area contributed by atoms with Gasteiger partial charge in [0.05, 0.1) is 11.0 Å². The Morgan fingerprint density at radius 3 is 2.47 bits per heavy atom. The van der Waals surface area contributed by atoms with Crippen molar-refractivity contribution in [3.05, 3.63) is 32.1 Å². The van der Waals surface area contributed by atoms with E-state index >= 15 is 0 Å². The fraction of sp³-hybridized carbons (Fsp3) is 0.167. The fourth-order valence-electron chi connectivity index (χ4n) is 0.853. The summed E-state index contributed by atoms with van der Waals surface area (Å²) in [6.07, 6.45) is 0. The van der Waals surface area contributed by atoms with Gasteiger partial charge in [-0.3, -0.25) is 20.2 Å². The molecule has 0 fully saturated rings. The SMILES string of the molecule is O=[C]OCc1cc([N+](=O)[O-])c([N+](=O)[O-])o1. The number of nitrogens with zero attached hydrogens (tertiary/aromatic N) is 2. The predicted octanol–water partition coefficient (Wildman–Crippen LogP) is 0.680. The van der Waals surface area contributed by atoms with Crippen LogP contribution in [0.25, 0.3) is 0 Å². The molecule has 1 aromatic heterocycles. The van der Waals surface area contributed by atoms with Crippen molar-refractivity contribution in [1.82, 2.24) is 0 Å². The van der Waals surface area contributed by atoms with Crippen LogP contribution in [0.15, 0.2) is 10.5 Å². The van der Waals surface area contributed by atoms with Gasteiger partial charge in [0.15, 0.2) is 12.4 Å². The summed E-state index contributed by atoms with van der Waals surface area (Å²) in [5, 5.41) is 20.6. The van der Waals surface area contributed by atoms with Crippen LogP contribution < -0.4 is 0 Å². The van der Waals surface area contributed by atoms with E-state index < -0.39 is 28.0 Å². The molecule has 0 atom stereocenters. The molecule has 0 N–H and O–H groups in total. The van der Waals surface area contributed by atoms with E-state index in [0.717, 1.165) is 12.5 Å². The topological polar surface area (TPSA) is 126 Å². The van der Waals surface area contributed by atoms with Crippen molar-refractivity contribution in [3.8, 4) is 0 Å². The van der Waals surface area contributed by atoms with Gasteiger partial charge in [-0.25, -0.2) is 4.79 Å². The van der Waals surface area contributed by atoms with Crippen LogP contribution in [-0.2, 0) is 16.1 Å². The van der Waals surface area contributed by atoms with E-state index in [4.69, 9.17) is 0 Å². The third-order valence-electron chi connectivity index (χ3n) is 1.38. The van der Waals surface area contributed by atoms with Gasteiger partial charge in [0, 0.05) is 0 Å². The number of nitro groups is 2. The zero-order chi connectivity index (χ0) is 11.4. The first kappa shape index (κ1) is 10.6. The smallest absolute Gasteiger partial charge is 0.449 e. The van der Waals surface area contributed by atoms with Crippen LogP contribution in [-0.4, -0.2) is 16.3 Å². The molecule has 1 heterocycles. The Bertz CT molecular complexity index is 378. The van der Waals surface area contributed by atoms with E-state index in [1.165, 1.54) is 0 Å². The summed E-state index contributed by atoms with van der Waals surface area (Å²) in [5.74, 6) is -1.19. The molecule has 9 nitrogen and oxygen atoms in total. The predicted molar refractivity (Wildman–Crippen MR) is 42.5 cm³/mol. The molecule has 79 valence electrons. The van der Waals surface area contributed by atoms with Crippen molar-refractivity contribution in [2.24, 2.45) is 0 Å². The molecule has 1 radical (unpaired) electrons. The molecule has 0 spiro atoms. The fourth-order valence-corrected chi connectivity index (χ4v) is 0.853. The summed E-state index contributed by atoms with van der Waals surface area (Å²) in [7, 11) is 0. The Balaban J connectivity index is 3.03. The molecule has 0 unspecified atom stereocenters.